The summed E-state index contributed by atoms with van der Waals surface area (Å²) in [5, 5.41) is 13.0. The number of unbranched alkanes of at least 4 members (excludes halogenated alkanes) is 3. The van der Waals surface area contributed by atoms with E-state index in [0.29, 0.717) is 11.8 Å². The van der Waals surface area contributed by atoms with Crippen molar-refractivity contribution in [3.63, 3.8) is 0 Å². The van der Waals surface area contributed by atoms with E-state index in [9.17, 15) is 5.11 Å². The fraction of sp³-hybridized carbons (Fsp3) is 0.579. The van der Waals surface area contributed by atoms with Crippen molar-refractivity contribution in [2.45, 2.75) is 64.3 Å². The summed E-state index contributed by atoms with van der Waals surface area (Å²) in [7, 11) is 0. The molecule has 2 N–H and O–H groups in total. The topological polar surface area (TPSA) is 32.3 Å². The largest absolute Gasteiger partial charge is 0.508 e. The lowest BCUT2D eigenvalue weighted by Gasteiger charge is -2.28. The standard InChI is InChI=1S/C19H29NO/c1-2-3-4-5-6-8-16-11-13-17(14-12-16)20-18-9-7-10-19(21)15-18/h6-10,15-17,20-21H,2-5,11-14H2,1H3. The molecule has 1 aromatic rings. The molecule has 0 spiro atoms. The molecule has 0 amide bonds. The average molecular weight is 287 g/mol. The van der Waals surface area contributed by atoms with Crippen LogP contribution in [0, 0.1) is 5.92 Å². The van der Waals surface area contributed by atoms with Gasteiger partial charge in [0.05, 0.1) is 0 Å². The summed E-state index contributed by atoms with van der Waals surface area (Å²) in [5.41, 5.74) is 1.04. The second-order valence-corrected chi connectivity index (χ2v) is 6.23. The van der Waals surface area contributed by atoms with Crippen LogP contribution in [0.5, 0.6) is 5.75 Å². The first-order valence-electron chi connectivity index (χ1n) is 8.50. The van der Waals surface area contributed by atoms with Gasteiger partial charge in [-0.3, -0.25) is 0 Å². The summed E-state index contributed by atoms with van der Waals surface area (Å²) in [6.45, 7) is 2.25. The van der Waals surface area contributed by atoms with Gasteiger partial charge in [-0.1, -0.05) is 38.0 Å². The highest BCUT2D eigenvalue weighted by molar-refractivity contribution is 5.48. The van der Waals surface area contributed by atoms with Gasteiger partial charge in [0, 0.05) is 17.8 Å². The molecule has 1 fully saturated rings. The third-order valence-electron chi connectivity index (χ3n) is 4.37. The Hall–Kier alpha value is -1.44. The van der Waals surface area contributed by atoms with Gasteiger partial charge < -0.3 is 10.4 Å². The van der Waals surface area contributed by atoms with E-state index in [-0.39, 0.29) is 0 Å². The monoisotopic (exact) mass is 287 g/mol. The van der Waals surface area contributed by atoms with E-state index in [0.717, 1.165) is 11.6 Å². The number of anilines is 1. The van der Waals surface area contributed by atoms with Gasteiger partial charge in [-0.05, 0) is 56.6 Å². The van der Waals surface area contributed by atoms with Crippen molar-refractivity contribution in [3.05, 3.63) is 36.4 Å². The third kappa shape index (κ3) is 5.82. The Morgan fingerprint density at radius 2 is 2.00 bits per heavy atom. The van der Waals surface area contributed by atoms with Crippen molar-refractivity contribution in [3.8, 4) is 5.75 Å². The molecule has 0 aliphatic heterocycles. The molecule has 0 bridgehead atoms. The second-order valence-electron chi connectivity index (χ2n) is 6.23. The lowest BCUT2D eigenvalue weighted by molar-refractivity contribution is 0.390. The van der Waals surface area contributed by atoms with Gasteiger partial charge in [0.25, 0.3) is 0 Å². The smallest absolute Gasteiger partial charge is 0.117 e. The van der Waals surface area contributed by atoms with Crippen molar-refractivity contribution < 1.29 is 5.11 Å². The van der Waals surface area contributed by atoms with Crippen molar-refractivity contribution in [2.24, 2.45) is 5.92 Å². The van der Waals surface area contributed by atoms with Gasteiger partial charge >= 0.3 is 0 Å². The first-order valence-corrected chi connectivity index (χ1v) is 8.50. The lowest BCUT2D eigenvalue weighted by atomic mass is 9.85. The quantitative estimate of drug-likeness (QED) is 0.512. The lowest BCUT2D eigenvalue weighted by Crippen LogP contribution is -2.25. The van der Waals surface area contributed by atoms with Crippen molar-refractivity contribution in [1.29, 1.82) is 0 Å². The van der Waals surface area contributed by atoms with Crippen LogP contribution in [-0.2, 0) is 0 Å². The number of phenolic OH excluding ortho intramolecular Hbond substituents is 1. The van der Waals surface area contributed by atoms with Crippen LogP contribution in [0.2, 0.25) is 0 Å². The van der Waals surface area contributed by atoms with Crippen molar-refractivity contribution in [1.82, 2.24) is 0 Å². The number of nitrogens with one attached hydrogen (secondary N) is 1. The van der Waals surface area contributed by atoms with Gasteiger partial charge in [0.2, 0.25) is 0 Å². The summed E-state index contributed by atoms with van der Waals surface area (Å²) >= 11 is 0. The van der Waals surface area contributed by atoms with Crippen LogP contribution >= 0.6 is 0 Å². The molecule has 0 unspecified atom stereocenters. The molecule has 1 aromatic carbocycles. The molecule has 2 rings (SSSR count). The maximum Gasteiger partial charge on any atom is 0.117 e. The Morgan fingerprint density at radius 1 is 1.19 bits per heavy atom. The van der Waals surface area contributed by atoms with Crippen LogP contribution in [0.3, 0.4) is 0 Å². The SMILES string of the molecule is CCCCCC=CC1CCC(Nc2cccc(O)c2)CC1. The zero-order valence-electron chi connectivity index (χ0n) is 13.2. The first kappa shape index (κ1) is 15.9. The number of hydrogen-bond acceptors (Lipinski definition) is 2. The normalized spacial score (nSPS) is 22.5. The predicted octanol–water partition coefficient (Wildman–Crippen LogP) is 5.50. The van der Waals surface area contributed by atoms with Crippen LogP contribution in [-0.4, -0.2) is 11.1 Å². The number of hydrogen-bond donors (Lipinski definition) is 2. The summed E-state index contributed by atoms with van der Waals surface area (Å²) in [6, 6.07) is 7.99. The van der Waals surface area contributed by atoms with E-state index in [1.54, 1.807) is 12.1 Å². The number of rotatable bonds is 7. The second kappa shape index (κ2) is 8.76. The minimum absolute atomic E-state index is 0.337. The molecule has 21 heavy (non-hydrogen) atoms. The van der Waals surface area contributed by atoms with E-state index in [1.807, 2.05) is 12.1 Å². The Bertz CT molecular complexity index is 433. The molecule has 116 valence electrons. The van der Waals surface area contributed by atoms with Gasteiger partial charge in [0.15, 0.2) is 0 Å². The Labute approximate surface area is 129 Å². The van der Waals surface area contributed by atoms with Crippen LogP contribution in [0.15, 0.2) is 36.4 Å². The summed E-state index contributed by atoms with van der Waals surface area (Å²) in [5.74, 6) is 1.11. The molecule has 2 nitrogen and oxygen atoms in total. The fourth-order valence-electron chi connectivity index (χ4n) is 3.09. The minimum Gasteiger partial charge on any atom is -0.508 e. The summed E-state index contributed by atoms with van der Waals surface area (Å²) in [6.07, 6.45) is 15.1. The maximum absolute atomic E-state index is 9.49. The molecule has 1 aliphatic rings. The summed E-state index contributed by atoms with van der Waals surface area (Å²) < 4.78 is 0. The molecule has 1 aliphatic carbocycles. The zero-order valence-corrected chi connectivity index (χ0v) is 13.2. The predicted molar refractivity (Wildman–Crippen MR) is 90.8 cm³/mol. The summed E-state index contributed by atoms with van der Waals surface area (Å²) in [4.78, 5) is 0. The molecule has 0 heterocycles. The Balaban J connectivity index is 1.68. The first-order chi connectivity index (χ1) is 10.3. The zero-order chi connectivity index (χ0) is 14.9. The van der Waals surface area contributed by atoms with Gasteiger partial charge in [-0.15, -0.1) is 0 Å². The van der Waals surface area contributed by atoms with Crippen LogP contribution < -0.4 is 5.32 Å². The fourth-order valence-corrected chi connectivity index (χ4v) is 3.09. The van der Waals surface area contributed by atoms with Crippen molar-refractivity contribution in [2.75, 3.05) is 5.32 Å². The minimum atomic E-state index is 0.337. The van der Waals surface area contributed by atoms with Crippen LogP contribution in [0.25, 0.3) is 0 Å². The maximum atomic E-state index is 9.49. The molecule has 1 saturated carbocycles. The highest BCUT2D eigenvalue weighted by Gasteiger charge is 2.19. The van der Waals surface area contributed by atoms with E-state index >= 15 is 0 Å². The van der Waals surface area contributed by atoms with E-state index in [4.69, 9.17) is 0 Å². The Kier molecular flexibility index (Phi) is 6.65. The molecule has 0 atom stereocenters. The molecule has 0 saturated heterocycles. The van der Waals surface area contributed by atoms with Gasteiger partial charge in [-0.25, -0.2) is 0 Å². The third-order valence-corrected chi connectivity index (χ3v) is 4.37. The van der Waals surface area contributed by atoms with Gasteiger partial charge in [0.1, 0.15) is 5.75 Å². The molecular formula is C19H29NO. The van der Waals surface area contributed by atoms with Crippen molar-refractivity contribution >= 4 is 5.69 Å². The van der Waals surface area contributed by atoms with Gasteiger partial charge in [-0.2, -0.15) is 0 Å². The average Bonchev–Trinajstić information content (AvgIpc) is 2.49. The molecule has 0 radical (unpaired) electrons. The molecule has 0 aromatic heterocycles. The highest BCUT2D eigenvalue weighted by Crippen LogP contribution is 2.28. The molecule has 2 heteroatoms. The number of allylic oxidation sites excluding steroid dienone is 2. The van der Waals surface area contributed by atoms with E-state index < -0.39 is 0 Å². The number of benzene rings is 1. The highest BCUT2D eigenvalue weighted by atomic mass is 16.3. The van der Waals surface area contributed by atoms with E-state index in [1.165, 1.54) is 51.4 Å². The van der Waals surface area contributed by atoms with E-state index in [2.05, 4.69) is 24.4 Å². The number of phenols is 1. The molecular weight excluding hydrogens is 258 g/mol. The van der Waals surface area contributed by atoms with Crippen LogP contribution in [0.1, 0.15) is 58.3 Å². The van der Waals surface area contributed by atoms with Crippen LogP contribution in [0.4, 0.5) is 5.69 Å². The number of aromatic hydroxyl groups is 1. The Morgan fingerprint density at radius 3 is 2.71 bits per heavy atom.